The van der Waals surface area contributed by atoms with E-state index in [-0.39, 0.29) is 12.4 Å². The van der Waals surface area contributed by atoms with Gasteiger partial charge >= 0.3 is 0 Å². The lowest BCUT2D eigenvalue weighted by Crippen LogP contribution is -2.11. The molecule has 0 N–H and O–H groups in total. The molecule has 1 aliphatic heterocycles. The second-order valence-corrected chi connectivity index (χ2v) is 6.91. The standard InChI is InChI=1S/C12H20O3S2/c1-2-10(13)9-15-6-3-4-11(14)8-12-5-7-16-17-12/h12H,2-9H2,1H3. The second-order valence-electron chi connectivity index (χ2n) is 4.12. The van der Waals surface area contributed by atoms with Crippen LogP contribution in [0.15, 0.2) is 0 Å². The summed E-state index contributed by atoms with van der Waals surface area (Å²) in [6.45, 7) is 2.54. The molecule has 1 fully saturated rings. The minimum absolute atomic E-state index is 0.121. The molecule has 0 saturated carbocycles. The van der Waals surface area contributed by atoms with Gasteiger partial charge in [-0.25, -0.2) is 0 Å². The lowest BCUT2D eigenvalue weighted by Gasteiger charge is -2.06. The van der Waals surface area contributed by atoms with E-state index in [1.165, 1.54) is 5.75 Å². The Morgan fingerprint density at radius 3 is 2.82 bits per heavy atom. The Morgan fingerprint density at radius 2 is 2.18 bits per heavy atom. The quantitative estimate of drug-likeness (QED) is 0.478. The predicted molar refractivity (Wildman–Crippen MR) is 73.4 cm³/mol. The van der Waals surface area contributed by atoms with Crippen LogP contribution in [-0.4, -0.2) is 35.8 Å². The van der Waals surface area contributed by atoms with Crippen LogP contribution in [0.4, 0.5) is 0 Å². The molecule has 0 radical (unpaired) electrons. The zero-order valence-electron chi connectivity index (χ0n) is 10.3. The molecule has 0 amide bonds. The normalized spacial score (nSPS) is 19.5. The average Bonchev–Trinajstić information content (AvgIpc) is 2.81. The summed E-state index contributed by atoms with van der Waals surface area (Å²) in [6.07, 6.45) is 3.70. The van der Waals surface area contributed by atoms with Gasteiger partial charge in [0.1, 0.15) is 12.4 Å². The number of Topliss-reactive ketones (excluding diaryl/α,β-unsaturated/α-hetero) is 2. The van der Waals surface area contributed by atoms with Crippen molar-refractivity contribution < 1.29 is 14.3 Å². The highest BCUT2D eigenvalue weighted by molar-refractivity contribution is 8.77. The Kier molecular flexibility index (Phi) is 7.97. The van der Waals surface area contributed by atoms with E-state index in [2.05, 4.69) is 0 Å². The highest BCUT2D eigenvalue weighted by Crippen LogP contribution is 2.39. The van der Waals surface area contributed by atoms with Crippen molar-refractivity contribution in [2.45, 2.75) is 44.3 Å². The van der Waals surface area contributed by atoms with E-state index < -0.39 is 0 Å². The molecule has 0 spiro atoms. The van der Waals surface area contributed by atoms with E-state index in [0.29, 0.717) is 36.9 Å². The molecular weight excluding hydrogens is 256 g/mol. The van der Waals surface area contributed by atoms with Gasteiger partial charge in [-0.3, -0.25) is 9.59 Å². The molecule has 1 heterocycles. The topological polar surface area (TPSA) is 43.4 Å². The van der Waals surface area contributed by atoms with Crippen molar-refractivity contribution in [3.05, 3.63) is 0 Å². The number of ether oxygens (including phenoxy) is 1. The second kappa shape index (κ2) is 9.00. The van der Waals surface area contributed by atoms with Gasteiger partial charge in [-0.1, -0.05) is 28.5 Å². The van der Waals surface area contributed by atoms with E-state index in [9.17, 15) is 9.59 Å². The smallest absolute Gasteiger partial charge is 0.158 e. The molecule has 98 valence electrons. The van der Waals surface area contributed by atoms with Crippen LogP contribution in [0.5, 0.6) is 0 Å². The zero-order valence-corrected chi connectivity index (χ0v) is 11.9. The summed E-state index contributed by atoms with van der Waals surface area (Å²) in [6, 6.07) is 0. The molecule has 1 saturated heterocycles. The number of rotatable bonds is 9. The van der Waals surface area contributed by atoms with Crippen LogP contribution in [0.2, 0.25) is 0 Å². The predicted octanol–water partition coefficient (Wildman–Crippen LogP) is 2.88. The molecule has 0 aromatic heterocycles. The molecule has 1 rings (SSSR count). The van der Waals surface area contributed by atoms with Crippen LogP contribution in [-0.2, 0) is 14.3 Å². The summed E-state index contributed by atoms with van der Waals surface area (Å²) in [7, 11) is 3.71. The summed E-state index contributed by atoms with van der Waals surface area (Å²) in [5.41, 5.74) is 0. The monoisotopic (exact) mass is 276 g/mol. The van der Waals surface area contributed by atoms with Crippen molar-refractivity contribution in [3.63, 3.8) is 0 Å². The molecule has 1 atom stereocenters. The molecule has 0 bridgehead atoms. The molecule has 1 unspecified atom stereocenters. The van der Waals surface area contributed by atoms with E-state index >= 15 is 0 Å². The largest absolute Gasteiger partial charge is 0.374 e. The first-order valence-electron chi connectivity index (χ1n) is 6.11. The van der Waals surface area contributed by atoms with Gasteiger partial charge in [0.2, 0.25) is 0 Å². The minimum Gasteiger partial charge on any atom is -0.374 e. The SMILES string of the molecule is CCC(=O)COCCCC(=O)CC1CCSS1. The third-order valence-corrected chi connectivity index (χ3v) is 5.52. The van der Waals surface area contributed by atoms with Crippen molar-refractivity contribution >= 4 is 33.2 Å². The molecule has 0 aromatic rings. The van der Waals surface area contributed by atoms with Gasteiger partial charge in [0, 0.05) is 36.9 Å². The fraction of sp³-hybridized carbons (Fsp3) is 0.833. The summed E-state index contributed by atoms with van der Waals surface area (Å²) in [5, 5.41) is 0.523. The van der Waals surface area contributed by atoms with Crippen LogP contribution in [0.3, 0.4) is 0 Å². The van der Waals surface area contributed by atoms with Gasteiger partial charge in [-0.2, -0.15) is 0 Å². The van der Waals surface area contributed by atoms with Crippen molar-refractivity contribution in [1.29, 1.82) is 0 Å². The highest BCUT2D eigenvalue weighted by Gasteiger charge is 2.19. The Morgan fingerprint density at radius 1 is 1.35 bits per heavy atom. The first-order chi connectivity index (χ1) is 8.22. The fourth-order valence-electron chi connectivity index (χ4n) is 1.52. The van der Waals surface area contributed by atoms with Gasteiger partial charge in [0.25, 0.3) is 0 Å². The van der Waals surface area contributed by atoms with E-state index in [1.54, 1.807) is 0 Å². The maximum Gasteiger partial charge on any atom is 0.158 e. The van der Waals surface area contributed by atoms with Gasteiger partial charge in [0.15, 0.2) is 5.78 Å². The number of carbonyl (C=O) groups is 2. The zero-order chi connectivity index (χ0) is 12.5. The Bertz CT molecular complexity index is 250. The van der Waals surface area contributed by atoms with Crippen LogP contribution in [0.1, 0.15) is 39.0 Å². The molecular formula is C12H20O3S2. The fourth-order valence-corrected chi connectivity index (χ4v) is 4.46. The maximum atomic E-state index is 11.6. The first kappa shape index (κ1) is 15.1. The Balaban J connectivity index is 1.94. The van der Waals surface area contributed by atoms with Gasteiger partial charge in [-0.05, 0) is 12.8 Å². The van der Waals surface area contributed by atoms with Crippen LogP contribution < -0.4 is 0 Å². The minimum atomic E-state index is 0.121. The highest BCUT2D eigenvalue weighted by atomic mass is 33.1. The van der Waals surface area contributed by atoms with Crippen molar-refractivity contribution in [1.82, 2.24) is 0 Å². The summed E-state index contributed by atoms with van der Waals surface area (Å²) < 4.78 is 5.20. The van der Waals surface area contributed by atoms with Crippen LogP contribution in [0.25, 0.3) is 0 Å². The van der Waals surface area contributed by atoms with Crippen molar-refractivity contribution in [2.75, 3.05) is 19.0 Å². The molecule has 0 aliphatic carbocycles. The van der Waals surface area contributed by atoms with E-state index in [0.717, 1.165) is 12.8 Å². The third kappa shape index (κ3) is 7.11. The maximum absolute atomic E-state index is 11.6. The number of hydrogen-bond acceptors (Lipinski definition) is 5. The lowest BCUT2D eigenvalue weighted by molar-refractivity contribution is -0.123. The number of carbonyl (C=O) groups excluding carboxylic acids is 2. The summed E-state index contributed by atoms with van der Waals surface area (Å²) in [5.74, 6) is 1.62. The van der Waals surface area contributed by atoms with Gasteiger partial charge in [0.05, 0.1) is 0 Å². The summed E-state index contributed by atoms with van der Waals surface area (Å²) >= 11 is 0. The lowest BCUT2D eigenvalue weighted by atomic mass is 10.1. The number of ketones is 2. The Hall–Kier alpha value is 0. The van der Waals surface area contributed by atoms with Crippen LogP contribution in [0, 0.1) is 0 Å². The molecule has 17 heavy (non-hydrogen) atoms. The molecule has 1 aliphatic rings. The Labute approximate surface area is 111 Å². The van der Waals surface area contributed by atoms with Crippen molar-refractivity contribution in [3.8, 4) is 0 Å². The van der Waals surface area contributed by atoms with E-state index in [1.807, 2.05) is 28.5 Å². The first-order valence-corrected chi connectivity index (χ1v) is 8.50. The van der Waals surface area contributed by atoms with E-state index in [4.69, 9.17) is 4.74 Å². The molecule has 3 nitrogen and oxygen atoms in total. The summed E-state index contributed by atoms with van der Waals surface area (Å²) in [4.78, 5) is 22.5. The third-order valence-electron chi connectivity index (χ3n) is 2.58. The molecule has 0 aromatic carbocycles. The van der Waals surface area contributed by atoms with Gasteiger partial charge in [-0.15, -0.1) is 0 Å². The van der Waals surface area contributed by atoms with Crippen molar-refractivity contribution in [2.24, 2.45) is 0 Å². The number of hydrogen-bond donors (Lipinski definition) is 0. The molecule has 5 heteroatoms. The average molecular weight is 276 g/mol. The van der Waals surface area contributed by atoms with Gasteiger partial charge < -0.3 is 4.74 Å². The van der Waals surface area contributed by atoms with Crippen LogP contribution >= 0.6 is 21.6 Å².